The van der Waals surface area contributed by atoms with Crippen LogP contribution in [0.3, 0.4) is 0 Å². The van der Waals surface area contributed by atoms with Gasteiger partial charge in [-0.15, -0.1) is 0 Å². The number of amides is 3. The van der Waals surface area contributed by atoms with Crippen molar-refractivity contribution in [3.8, 4) is 5.75 Å². The summed E-state index contributed by atoms with van der Waals surface area (Å²) in [6, 6.07) is 16.0. The zero-order valence-corrected chi connectivity index (χ0v) is 15.5. The Morgan fingerprint density at radius 3 is 2.25 bits per heavy atom. The number of benzene rings is 3. The maximum atomic E-state index is 12.9. The Morgan fingerprint density at radius 2 is 1.64 bits per heavy atom. The standard InChI is InChI=1S/C22H18N2O4/c1-13-9-10-18(28-2)17(11-13)23-19(25)12-24-21(26)15-7-3-5-14-6-4-8-16(20(14)15)22(24)27/h3-11H,12H2,1-2H3,(H,23,25). The summed E-state index contributed by atoms with van der Waals surface area (Å²) in [5, 5.41) is 4.19. The summed E-state index contributed by atoms with van der Waals surface area (Å²) in [6.07, 6.45) is 0. The third kappa shape index (κ3) is 2.89. The van der Waals surface area contributed by atoms with Crippen LogP contribution < -0.4 is 10.1 Å². The van der Waals surface area contributed by atoms with Crippen molar-refractivity contribution in [3.05, 3.63) is 71.3 Å². The fourth-order valence-electron chi connectivity index (χ4n) is 3.48. The molecule has 0 radical (unpaired) electrons. The smallest absolute Gasteiger partial charge is 0.261 e. The maximum Gasteiger partial charge on any atom is 0.261 e. The molecule has 6 heteroatoms. The molecule has 0 aromatic heterocycles. The summed E-state index contributed by atoms with van der Waals surface area (Å²) >= 11 is 0. The van der Waals surface area contributed by atoms with Crippen molar-refractivity contribution in [2.75, 3.05) is 19.0 Å². The van der Waals surface area contributed by atoms with Gasteiger partial charge in [0.15, 0.2) is 0 Å². The SMILES string of the molecule is COc1ccc(C)cc1NC(=O)CN1C(=O)c2cccc3cccc(c23)C1=O. The number of imide groups is 1. The molecule has 0 bridgehead atoms. The molecule has 0 atom stereocenters. The van der Waals surface area contributed by atoms with E-state index in [0.717, 1.165) is 15.8 Å². The number of anilines is 1. The molecular formula is C22H18N2O4. The zero-order chi connectivity index (χ0) is 19.8. The van der Waals surface area contributed by atoms with Crippen molar-refractivity contribution in [2.45, 2.75) is 6.92 Å². The first-order valence-electron chi connectivity index (χ1n) is 8.82. The molecule has 0 unspecified atom stereocenters. The lowest BCUT2D eigenvalue weighted by atomic mass is 9.94. The number of nitrogens with one attached hydrogen (secondary N) is 1. The molecule has 140 valence electrons. The average Bonchev–Trinajstić information content (AvgIpc) is 2.69. The minimum atomic E-state index is -0.475. The molecule has 0 saturated carbocycles. The Labute approximate surface area is 161 Å². The van der Waals surface area contributed by atoms with E-state index >= 15 is 0 Å². The number of nitrogens with zero attached hydrogens (tertiary/aromatic N) is 1. The fourth-order valence-corrected chi connectivity index (χ4v) is 3.48. The summed E-state index contributed by atoms with van der Waals surface area (Å²) < 4.78 is 5.26. The highest BCUT2D eigenvalue weighted by Crippen LogP contribution is 2.30. The highest BCUT2D eigenvalue weighted by molar-refractivity contribution is 6.26. The molecule has 1 heterocycles. The second kappa shape index (κ2) is 6.81. The predicted molar refractivity (Wildman–Crippen MR) is 106 cm³/mol. The number of rotatable bonds is 4. The van der Waals surface area contributed by atoms with Crippen molar-refractivity contribution in [1.29, 1.82) is 0 Å². The van der Waals surface area contributed by atoms with Crippen LogP contribution in [0, 0.1) is 6.92 Å². The van der Waals surface area contributed by atoms with Gasteiger partial charge in [0.1, 0.15) is 12.3 Å². The Morgan fingerprint density at radius 1 is 1.00 bits per heavy atom. The van der Waals surface area contributed by atoms with E-state index in [1.54, 1.807) is 36.4 Å². The molecule has 0 spiro atoms. The van der Waals surface area contributed by atoms with Crippen LogP contribution in [0.1, 0.15) is 26.3 Å². The van der Waals surface area contributed by atoms with Gasteiger partial charge in [-0.05, 0) is 42.1 Å². The molecule has 1 aliphatic heterocycles. The molecule has 0 saturated heterocycles. The first kappa shape index (κ1) is 17.7. The lowest BCUT2D eigenvalue weighted by Crippen LogP contribution is -2.44. The average molecular weight is 374 g/mol. The third-order valence-corrected chi connectivity index (χ3v) is 4.79. The maximum absolute atomic E-state index is 12.9. The van der Waals surface area contributed by atoms with E-state index in [1.165, 1.54) is 7.11 Å². The number of hydrogen-bond donors (Lipinski definition) is 1. The second-order valence-electron chi connectivity index (χ2n) is 6.66. The minimum Gasteiger partial charge on any atom is -0.495 e. The number of methoxy groups -OCH3 is 1. The van der Waals surface area contributed by atoms with Gasteiger partial charge in [-0.2, -0.15) is 0 Å². The van der Waals surface area contributed by atoms with Crippen LogP contribution in [0.4, 0.5) is 5.69 Å². The van der Waals surface area contributed by atoms with Crippen molar-refractivity contribution in [1.82, 2.24) is 4.90 Å². The minimum absolute atomic E-state index is 0.376. The Kier molecular flexibility index (Phi) is 4.31. The van der Waals surface area contributed by atoms with Crippen molar-refractivity contribution >= 4 is 34.2 Å². The van der Waals surface area contributed by atoms with E-state index in [2.05, 4.69) is 5.32 Å². The molecule has 6 nitrogen and oxygen atoms in total. The van der Waals surface area contributed by atoms with Gasteiger partial charge in [0, 0.05) is 16.5 Å². The Hall–Kier alpha value is -3.67. The lowest BCUT2D eigenvalue weighted by molar-refractivity contribution is -0.116. The molecule has 3 aromatic carbocycles. The summed E-state index contributed by atoms with van der Waals surface area (Å²) in [5.74, 6) is -0.913. The Balaban J connectivity index is 1.63. The molecule has 4 rings (SSSR count). The van der Waals surface area contributed by atoms with Crippen LogP contribution in [0.25, 0.3) is 10.8 Å². The van der Waals surface area contributed by atoms with Crippen molar-refractivity contribution in [2.24, 2.45) is 0 Å². The zero-order valence-electron chi connectivity index (χ0n) is 15.5. The summed E-state index contributed by atoms with van der Waals surface area (Å²) in [4.78, 5) is 39.3. The number of ether oxygens (including phenoxy) is 1. The number of carbonyl (C=O) groups excluding carboxylic acids is 3. The normalized spacial score (nSPS) is 13.0. The van der Waals surface area contributed by atoms with E-state index in [4.69, 9.17) is 4.74 Å². The topological polar surface area (TPSA) is 75.7 Å². The van der Waals surface area contributed by atoms with E-state index in [0.29, 0.717) is 28.0 Å². The van der Waals surface area contributed by atoms with E-state index in [1.807, 2.05) is 25.1 Å². The molecular weight excluding hydrogens is 356 g/mol. The molecule has 0 fully saturated rings. The molecule has 3 amide bonds. The predicted octanol–water partition coefficient (Wildman–Crippen LogP) is 3.39. The van der Waals surface area contributed by atoms with Gasteiger partial charge in [0.25, 0.3) is 11.8 Å². The largest absolute Gasteiger partial charge is 0.495 e. The van der Waals surface area contributed by atoms with Gasteiger partial charge in [0.2, 0.25) is 5.91 Å². The third-order valence-electron chi connectivity index (χ3n) is 4.79. The molecule has 3 aromatic rings. The quantitative estimate of drug-likeness (QED) is 0.710. The van der Waals surface area contributed by atoms with E-state index < -0.39 is 17.7 Å². The molecule has 1 aliphatic rings. The number of aryl methyl sites for hydroxylation is 1. The fraction of sp³-hybridized carbons (Fsp3) is 0.136. The second-order valence-corrected chi connectivity index (χ2v) is 6.66. The van der Waals surface area contributed by atoms with Crippen LogP contribution >= 0.6 is 0 Å². The van der Waals surface area contributed by atoms with Crippen LogP contribution in [-0.4, -0.2) is 36.3 Å². The monoisotopic (exact) mass is 374 g/mol. The molecule has 1 N–H and O–H groups in total. The highest BCUT2D eigenvalue weighted by Gasteiger charge is 2.33. The molecule has 0 aliphatic carbocycles. The number of hydrogen-bond acceptors (Lipinski definition) is 4. The van der Waals surface area contributed by atoms with E-state index in [-0.39, 0.29) is 6.54 Å². The van der Waals surface area contributed by atoms with Gasteiger partial charge in [-0.3, -0.25) is 19.3 Å². The first-order valence-corrected chi connectivity index (χ1v) is 8.82. The van der Waals surface area contributed by atoms with E-state index in [9.17, 15) is 14.4 Å². The van der Waals surface area contributed by atoms with Crippen LogP contribution in [0.2, 0.25) is 0 Å². The van der Waals surface area contributed by atoms with Gasteiger partial charge in [-0.1, -0.05) is 30.3 Å². The number of carbonyl (C=O) groups is 3. The van der Waals surface area contributed by atoms with Crippen LogP contribution in [0.5, 0.6) is 5.75 Å². The van der Waals surface area contributed by atoms with Crippen LogP contribution in [-0.2, 0) is 4.79 Å². The Bertz CT molecular complexity index is 1090. The van der Waals surface area contributed by atoms with Crippen LogP contribution in [0.15, 0.2) is 54.6 Å². The summed E-state index contributed by atoms with van der Waals surface area (Å²) in [7, 11) is 1.51. The summed E-state index contributed by atoms with van der Waals surface area (Å²) in [5.41, 5.74) is 2.29. The summed E-state index contributed by atoms with van der Waals surface area (Å²) in [6.45, 7) is 1.52. The van der Waals surface area contributed by atoms with Crippen molar-refractivity contribution < 1.29 is 19.1 Å². The van der Waals surface area contributed by atoms with Gasteiger partial charge in [0.05, 0.1) is 12.8 Å². The molecule has 28 heavy (non-hydrogen) atoms. The van der Waals surface area contributed by atoms with Gasteiger partial charge < -0.3 is 10.1 Å². The lowest BCUT2D eigenvalue weighted by Gasteiger charge is -2.26. The first-order chi connectivity index (χ1) is 13.5. The van der Waals surface area contributed by atoms with Gasteiger partial charge in [-0.25, -0.2) is 0 Å². The van der Waals surface area contributed by atoms with Gasteiger partial charge >= 0.3 is 0 Å². The highest BCUT2D eigenvalue weighted by atomic mass is 16.5. The van der Waals surface area contributed by atoms with Crippen molar-refractivity contribution in [3.63, 3.8) is 0 Å².